The Bertz CT molecular complexity index is 439. The molecule has 2 aliphatic rings. The second-order valence-corrected chi connectivity index (χ2v) is 5.44. The Morgan fingerprint density at radius 1 is 1.44 bits per heavy atom. The molecule has 16 heavy (non-hydrogen) atoms. The predicted octanol–water partition coefficient (Wildman–Crippen LogP) is 1.98. The van der Waals surface area contributed by atoms with Gasteiger partial charge >= 0.3 is 0 Å². The zero-order chi connectivity index (χ0) is 11.1. The van der Waals surface area contributed by atoms with Crippen LogP contribution < -0.4 is 10.6 Å². The lowest BCUT2D eigenvalue weighted by molar-refractivity contribution is 0.724. The number of nitriles is 1. The van der Waals surface area contributed by atoms with E-state index < -0.39 is 0 Å². The fourth-order valence-corrected chi connectivity index (χ4v) is 2.80. The fourth-order valence-electron chi connectivity index (χ4n) is 1.96. The maximum Gasteiger partial charge on any atom is 0.157 e. The van der Waals surface area contributed by atoms with E-state index in [9.17, 15) is 0 Å². The highest BCUT2D eigenvalue weighted by Crippen LogP contribution is 2.41. The van der Waals surface area contributed by atoms with Gasteiger partial charge < -0.3 is 10.6 Å². The largest absolute Gasteiger partial charge is 0.382 e. The fraction of sp³-hybridized carbons (Fsp3) is 0.636. The lowest BCUT2D eigenvalue weighted by Crippen LogP contribution is -2.27. The lowest BCUT2D eigenvalue weighted by Gasteiger charge is -2.22. The van der Waals surface area contributed by atoms with E-state index in [0.29, 0.717) is 17.4 Å². The summed E-state index contributed by atoms with van der Waals surface area (Å²) in [5.41, 5.74) is 6.29. The SMILES string of the molecule is N#Cc1c(N)nsc1N(CC1CC1)C1CC1. The molecule has 1 aromatic rings. The van der Waals surface area contributed by atoms with E-state index in [1.54, 1.807) is 0 Å². The molecule has 84 valence electrons. The zero-order valence-corrected chi connectivity index (χ0v) is 9.83. The lowest BCUT2D eigenvalue weighted by atomic mass is 10.3. The average Bonchev–Trinajstić information content (AvgIpc) is 3.13. The van der Waals surface area contributed by atoms with Crippen molar-refractivity contribution in [3.63, 3.8) is 0 Å². The van der Waals surface area contributed by atoms with E-state index >= 15 is 0 Å². The van der Waals surface area contributed by atoms with Crippen molar-refractivity contribution in [3.8, 4) is 6.07 Å². The first kappa shape index (κ1) is 9.91. The highest BCUT2D eigenvalue weighted by molar-refractivity contribution is 7.10. The van der Waals surface area contributed by atoms with E-state index in [-0.39, 0.29) is 0 Å². The summed E-state index contributed by atoms with van der Waals surface area (Å²) >= 11 is 1.38. The van der Waals surface area contributed by atoms with Gasteiger partial charge in [0.05, 0.1) is 0 Å². The van der Waals surface area contributed by atoms with Crippen LogP contribution in [0.5, 0.6) is 0 Å². The quantitative estimate of drug-likeness (QED) is 0.865. The molecule has 4 nitrogen and oxygen atoms in total. The molecule has 2 fully saturated rings. The predicted molar refractivity (Wildman–Crippen MR) is 64.3 cm³/mol. The number of rotatable bonds is 4. The first-order chi connectivity index (χ1) is 7.79. The van der Waals surface area contributed by atoms with Gasteiger partial charge in [0.2, 0.25) is 0 Å². The summed E-state index contributed by atoms with van der Waals surface area (Å²) in [6.07, 6.45) is 5.16. The number of anilines is 2. The van der Waals surface area contributed by atoms with Gasteiger partial charge in [0.15, 0.2) is 5.82 Å². The smallest absolute Gasteiger partial charge is 0.157 e. The molecule has 2 aliphatic carbocycles. The van der Waals surface area contributed by atoms with Crippen molar-refractivity contribution in [2.75, 3.05) is 17.2 Å². The topological polar surface area (TPSA) is 65.9 Å². The number of nitrogens with zero attached hydrogens (tertiary/aromatic N) is 3. The van der Waals surface area contributed by atoms with Crippen LogP contribution in [-0.4, -0.2) is 17.0 Å². The minimum Gasteiger partial charge on any atom is -0.382 e. The van der Waals surface area contributed by atoms with Crippen molar-refractivity contribution in [1.29, 1.82) is 5.26 Å². The highest BCUT2D eigenvalue weighted by atomic mass is 32.1. The monoisotopic (exact) mass is 234 g/mol. The Labute approximate surface area is 98.8 Å². The van der Waals surface area contributed by atoms with Crippen LogP contribution in [0, 0.1) is 17.2 Å². The molecule has 0 radical (unpaired) electrons. The Morgan fingerprint density at radius 2 is 2.19 bits per heavy atom. The van der Waals surface area contributed by atoms with Gasteiger partial charge in [-0.25, -0.2) is 0 Å². The molecule has 0 unspecified atom stereocenters. The highest BCUT2D eigenvalue weighted by Gasteiger charge is 2.36. The van der Waals surface area contributed by atoms with Crippen molar-refractivity contribution in [2.24, 2.45) is 5.92 Å². The van der Waals surface area contributed by atoms with Crippen molar-refractivity contribution in [2.45, 2.75) is 31.7 Å². The third-order valence-corrected chi connectivity index (χ3v) is 4.11. The van der Waals surface area contributed by atoms with Crippen LogP contribution in [0.4, 0.5) is 10.8 Å². The summed E-state index contributed by atoms with van der Waals surface area (Å²) in [6.45, 7) is 1.08. The maximum atomic E-state index is 9.10. The van der Waals surface area contributed by atoms with Crippen LogP contribution in [0.3, 0.4) is 0 Å². The van der Waals surface area contributed by atoms with Gasteiger partial charge in [-0.15, -0.1) is 0 Å². The minimum absolute atomic E-state index is 0.393. The van der Waals surface area contributed by atoms with Crippen LogP contribution in [0.2, 0.25) is 0 Å². The molecule has 3 rings (SSSR count). The molecule has 2 N–H and O–H groups in total. The molecule has 0 aliphatic heterocycles. The van der Waals surface area contributed by atoms with E-state index in [1.807, 2.05) is 0 Å². The van der Waals surface area contributed by atoms with Gasteiger partial charge in [0, 0.05) is 12.6 Å². The first-order valence-corrected chi connectivity index (χ1v) is 6.49. The molecule has 1 heterocycles. The summed E-state index contributed by atoms with van der Waals surface area (Å²) in [5.74, 6) is 1.22. The summed E-state index contributed by atoms with van der Waals surface area (Å²) in [6, 6.07) is 2.81. The average molecular weight is 234 g/mol. The molecule has 0 spiro atoms. The Morgan fingerprint density at radius 3 is 2.75 bits per heavy atom. The molecule has 0 saturated heterocycles. The molecule has 0 amide bonds. The van der Waals surface area contributed by atoms with Gasteiger partial charge in [-0.3, -0.25) is 0 Å². The van der Waals surface area contributed by atoms with Gasteiger partial charge in [0.25, 0.3) is 0 Å². The first-order valence-electron chi connectivity index (χ1n) is 5.71. The normalized spacial score (nSPS) is 19.4. The van der Waals surface area contributed by atoms with E-state index in [1.165, 1.54) is 37.2 Å². The van der Waals surface area contributed by atoms with Crippen LogP contribution in [0.1, 0.15) is 31.2 Å². The third-order valence-electron chi connectivity index (χ3n) is 3.21. The molecular weight excluding hydrogens is 220 g/mol. The third kappa shape index (κ3) is 1.74. The molecule has 1 aromatic heterocycles. The summed E-state index contributed by atoms with van der Waals surface area (Å²) in [7, 11) is 0. The molecule has 5 heteroatoms. The molecule has 0 aromatic carbocycles. The molecule has 0 bridgehead atoms. The van der Waals surface area contributed by atoms with Gasteiger partial charge in [-0.2, -0.15) is 9.64 Å². The molecular formula is C11H14N4S. The Balaban J connectivity index is 1.88. The summed E-state index contributed by atoms with van der Waals surface area (Å²) in [5, 5.41) is 10.1. The van der Waals surface area contributed by atoms with Crippen molar-refractivity contribution < 1.29 is 0 Å². The number of hydrogen-bond donors (Lipinski definition) is 1. The second-order valence-electron chi connectivity index (χ2n) is 4.69. The van der Waals surface area contributed by atoms with E-state index in [2.05, 4.69) is 15.3 Å². The second kappa shape index (κ2) is 3.63. The maximum absolute atomic E-state index is 9.10. The van der Waals surface area contributed by atoms with E-state index in [4.69, 9.17) is 11.0 Å². The van der Waals surface area contributed by atoms with Gasteiger partial charge in [-0.1, -0.05) is 0 Å². The van der Waals surface area contributed by atoms with E-state index in [0.717, 1.165) is 17.5 Å². The Kier molecular flexibility index (Phi) is 2.25. The Hall–Kier alpha value is -1.28. The summed E-state index contributed by atoms with van der Waals surface area (Å²) < 4.78 is 4.10. The van der Waals surface area contributed by atoms with Gasteiger partial charge in [0.1, 0.15) is 16.6 Å². The van der Waals surface area contributed by atoms with Crippen LogP contribution in [0.15, 0.2) is 0 Å². The standard InChI is InChI=1S/C11H14N4S/c12-5-9-10(13)14-16-11(9)15(8-3-4-8)6-7-1-2-7/h7-8H,1-4,6H2,(H2,13,14). The van der Waals surface area contributed by atoms with Crippen LogP contribution >= 0.6 is 11.5 Å². The number of hydrogen-bond acceptors (Lipinski definition) is 5. The van der Waals surface area contributed by atoms with Crippen LogP contribution in [0.25, 0.3) is 0 Å². The number of nitrogen functional groups attached to an aromatic ring is 1. The van der Waals surface area contributed by atoms with Crippen LogP contribution in [-0.2, 0) is 0 Å². The van der Waals surface area contributed by atoms with Crippen molar-refractivity contribution in [1.82, 2.24) is 4.37 Å². The van der Waals surface area contributed by atoms with Crippen molar-refractivity contribution in [3.05, 3.63) is 5.56 Å². The minimum atomic E-state index is 0.393. The zero-order valence-electron chi connectivity index (χ0n) is 9.02. The number of aromatic nitrogens is 1. The van der Waals surface area contributed by atoms with Gasteiger partial charge in [-0.05, 0) is 43.1 Å². The number of nitrogens with two attached hydrogens (primary N) is 1. The molecule has 2 saturated carbocycles. The van der Waals surface area contributed by atoms with Crippen molar-refractivity contribution >= 4 is 22.4 Å². The summed E-state index contributed by atoms with van der Waals surface area (Å²) in [4.78, 5) is 2.37. The molecule has 0 atom stereocenters.